The van der Waals surface area contributed by atoms with Crippen LogP contribution in [0.5, 0.6) is 11.5 Å². The quantitative estimate of drug-likeness (QED) is 0.333. The fourth-order valence-corrected chi connectivity index (χ4v) is 4.31. The molecule has 0 saturated heterocycles. The minimum absolute atomic E-state index is 0.329. The Kier molecular flexibility index (Phi) is 5.54. The van der Waals surface area contributed by atoms with Gasteiger partial charge < -0.3 is 14.2 Å². The lowest BCUT2D eigenvalue weighted by Crippen LogP contribution is -2.22. The Bertz CT molecular complexity index is 1390. The average Bonchev–Trinajstić information content (AvgIpc) is 3.10. The lowest BCUT2D eigenvalue weighted by molar-refractivity contribution is -0.141. The number of methoxy groups -OCH3 is 1. The fourth-order valence-electron chi connectivity index (χ4n) is 4.31. The summed E-state index contributed by atoms with van der Waals surface area (Å²) in [6, 6.07) is 27.2. The molecule has 0 radical (unpaired) electrons. The van der Waals surface area contributed by atoms with Crippen LogP contribution in [-0.2, 0) is 16.1 Å². The van der Waals surface area contributed by atoms with Gasteiger partial charge in [0.1, 0.15) is 23.7 Å². The van der Waals surface area contributed by atoms with Gasteiger partial charge in [0.2, 0.25) is 0 Å². The van der Waals surface area contributed by atoms with Crippen LogP contribution in [0.4, 0.5) is 0 Å². The SMILES string of the molecule is COc1ccc(C2=C(c3ccc(OCc4ccc5ccccc5n4)cc3)C(=O)OC2(C)C)cc1. The average molecular weight is 452 g/mol. The van der Waals surface area contributed by atoms with Crippen molar-refractivity contribution in [3.63, 3.8) is 0 Å². The summed E-state index contributed by atoms with van der Waals surface area (Å²) < 4.78 is 17.0. The number of hydrogen-bond donors (Lipinski definition) is 0. The summed E-state index contributed by atoms with van der Waals surface area (Å²) in [6.45, 7) is 4.18. The molecule has 0 saturated carbocycles. The number of nitrogens with zero attached hydrogens (tertiary/aromatic N) is 1. The highest BCUT2D eigenvalue weighted by atomic mass is 16.6. The first-order valence-electron chi connectivity index (χ1n) is 11.1. The van der Waals surface area contributed by atoms with E-state index in [9.17, 15) is 4.79 Å². The van der Waals surface area contributed by atoms with E-state index in [0.717, 1.165) is 39.0 Å². The number of cyclic esters (lactones) is 1. The molecule has 1 aliphatic rings. The number of benzene rings is 3. The van der Waals surface area contributed by atoms with E-state index in [4.69, 9.17) is 14.2 Å². The number of para-hydroxylation sites is 1. The topological polar surface area (TPSA) is 57.7 Å². The highest BCUT2D eigenvalue weighted by molar-refractivity contribution is 6.28. The molecule has 0 atom stereocenters. The van der Waals surface area contributed by atoms with Gasteiger partial charge in [0.15, 0.2) is 0 Å². The minimum atomic E-state index is -0.738. The van der Waals surface area contributed by atoms with Crippen molar-refractivity contribution in [2.45, 2.75) is 26.1 Å². The molecule has 5 heteroatoms. The Balaban J connectivity index is 1.40. The second-order valence-electron chi connectivity index (χ2n) is 8.69. The van der Waals surface area contributed by atoms with Crippen LogP contribution in [0.2, 0.25) is 0 Å². The van der Waals surface area contributed by atoms with Crippen molar-refractivity contribution < 1.29 is 19.0 Å². The Hall–Kier alpha value is -4.12. The summed E-state index contributed by atoms with van der Waals surface area (Å²) in [5.74, 6) is 1.14. The van der Waals surface area contributed by atoms with Gasteiger partial charge in [-0.05, 0) is 61.4 Å². The summed E-state index contributed by atoms with van der Waals surface area (Å²) in [5, 5.41) is 1.10. The maximum absolute atomic E-state index is 12.9. The van der Waals surface area contributed by atoms with Crippen molar-refractivity contribution >= 4 is 28.0 Å². The van der Waals surface area contributed by atoms with Gasteiger partial charge in [-0.3, -0.25) is 0 Å². The van der Waals surface area contributed by atoms with E-state index in [0.29, 0.717) is 17.9 Å². The van der Waals surface area contributed by atoms with Crippen LogP contribution < -0.4 is 9.47 Å². The predicted molar refractivity (Wildman–Crippen MR) is 132 cm³/mol. The Morgan fingerprint density at radius 1 is 0.824 bits per heavy atom. The van der Waals surface area contributed by atoms with Crippen molar-refractivity contribution in [2.75, 3.05) is 7.11 Å². The number of rotatable bonds is 6. The van der Waals surface area contributed by atoms with Crippen LogP contribution in [0.25, 0.3) is 22.0 Å². The van der Waals surface area contributed by atoms with E-state index < -0.39 is 5.60 Å². The number of ether oxygens (including phenoxy) is 3. The van der Waals surface area contributed by atoms with Crippen molar-refractivity contribution in [2.24, 2.45) is 0 Å². The summed E-state index contributed by atoms with van der Waals surface area (Å²) in [6.07, 6.45) is 0. The molecule has 0 amide bonds. The standard InChI is InChI=1S/C29H25NO4/c1-29(2)27(21-11-14-23(32-3)15-12-21)26(28(31)34-29)20-9-16-24(17-10-20)33-18-22-13-8-19-6-4-5-7-25(19)30-22/h4-17H,18H2,1-3H3. The third-order valence-corrected chi connectivity index (χ3v) is 5.97. The van der Waals surface area contributed by atoms with Crippen LogP contribution in [-0.4, -0.2) is 23.7 Å². The molecule has 0 fully saturated rings. The van der Waals surface area contributed by atoms with Gasteiger partial charge in [0.25, 0.3) is 0 Å². The molecule has 5 rings (SSSR count). The second kappa shape index (κ2) is 8.67. The van der Waals surface area contributed by atoms with Crippen LogP contribution in [0.15, 0.2) is 84.9 Å². The zero-order chi connectivity index (χ0) is 23.7. The van der Waals surface area contributed by atoms with E-state index in [2.05, 4.69) is 4.98 Å². The van der Waals surface area contributed by atoms with Gasteiger partial charge in [-0.1, -0.05) is 48.5 Å². The first-order valence-corrected chi connectivity index (χ1v) is 11.1. The van der Waals surface area contributed by atoms with Crippen LogP contribution in [0, 0.1) is 0 Å². The van der Waals surface area contributed by atoms with Crippen LogP contribution in [0.3, 0.4) is 0 Å². The number of esters is 1. The number of aromatic nitrogens is 1. The summed E-state index contributed by atoms with van der Waals surface area (Å²) in [5.41, 5.74) is 4.20. The Morgan fingerprint density at radius 2 is 1.50 bits per heavy atom. The van der Waals surface area contributed by atoms with Gasteiger partial charge in [-0.2, -0.15) is 0 Å². The first kappa shape index (κ1) is 21.7. The smallest absolute Gasteiger partial charge is 0.340 e. The number of hydrogen-bond acceptors (Lipinski definition) is 5. The van der Waals surface area contributed by atoms with E-state index in [1.54, 1.807) is 7.11 Å². The first-order chi connectivity index (χ1) is 16.4. The molecule has 34 heavy (non-hydrogen) atoms. The molecule has 5 nitrogen and oxygen atoms in total. The van der Waals surface area contributed by atoms with Gasteiger partial charge in [0, 0.05) is 11.0 Å². The highest BCUT2D eigenvalue weighted by Gasteiger charge is 2.41. The van der Waals surface area contributed by atoms with Crippen molar-refractivity contribution in [3.05, 3.63) is 102 Å². The molecule has 2 heterocycles. The molecule has 0 spiro atoms. The zero-order valence-electron chi connectivity index (χ0n) is 19.4. The normalized spacial score (nSPS) is 14.9. The molecule has 3 aromatic carbocycles. The van der Waals surface area contributed by atoms with E-state index in [1.165, 1.54) is 0 Å². The highest BCUT2D eigenvalue weighted by Crippen LogP contribution is 2.44. The third kappa shape index (κ3) is 4.13. The maximum Gasteiger partial charge on any atom is 0.340 e. The van der Waals surface area contributed by atoms with Crippen molar-refractivity contribution in [1.29, 1.82) is 0 Å². The minimum Gasteiger partial charge on any atom is -0.497 e. The number of carbonyl (C=O) groups excluding carboxylic acids is 1. The summed E-state index contributed by atoms with van der Waals surface area (Å²) in [4.78, 5) is 17.5. The van der Waals surface area contributed by atoms with Crippen molar-refractivity contribution in [3.8, 4) is 11.5 Å². The molecule has 0 bridgehead atoms. The lowest BCUT2D eigenvalue weighted by Gasteiger charge is -2.21. The van der Waals surface area contributed by atoms with Gasteiger partial charge in [-0.25, -0.2) is 9.78 Å². The Labute approximate surface area is 198 Å². The lowest BCUT2D eigenvalue weighted by atomic mass is 9.87. The predicted octanol–water partition coefficient (Wildman–Crippen LogP) is 6.07. The fraction of sp³-hybridized carbons (Fsp3) is 0.172. The summed E-state index contributed by atoms with van der Waals surface area (Å²) in [7, 11) is 1.63. The van der Waals surface area contributed by atoms with Crippen LogP contribution >= 0.6 is 0 Å². The largest absolute Gasteiger partial charge is 0.497 e. The third-order valence-electron chi connectivity index (χ3n) is 5.97. The summed E-state index contributed by atoms with van der Waals surface area (Å²) >= 11 is 0. The van der Waals surface area contributed by atoms with E-state index >= 15 is 0 Å². The Morgan fingerprint density at radius 3 is 2.24 bits per heavy atom. The monoisotopic (exact) mass is 451 g/mol. The van der Waals surface area contributed by atoms with Gasteiger partial charge >= 0.3 is 5.97 Å². The molecule has 1 aromatic heterocycles. The van der Waals surface area contributed by atoms with Crippen LogP contribution in [0.1, 0.15) is 30.7 Å². The molecule has 0 aliphatic carbocycles. The molecule has 170 valence electrons. The zero-order valence-corrected chi connectivity index (χ0v) is 19.4. The van der Waals surface area contributed by atoms with Gasteiger partial charge in [0.05, 0.1) is 23.9 Å². The van der Waals surface area contributed by atoms with E-state index in [1.807, 2.05) is 98.8 Å². The van der Waals surface area contributed by atoms with Gasteiger partial charge in [-0.15, -0.1) is 0 Å². The number of pyridine rings is 1. The molecule has 0 N–H and O–H groups in total. The molecule has 1 aliphatic heterocycles. The van der Waals surface area contributed by atoms with Crippen molar-refractivity contribution in [1.82, 2.24) is 4.98 Å². The second-order valence-corrected chi connectivity index (χ2v) is 8.69. The van der Waals surface area contributed by atoms with E-state index in [-0.39, 0.29) is 5.97 Å². The molecular formula is C29H25NO4. The molecular weight excluding hydrogens is 426 g/mol. The number of fused-ring (bicyclic) bond motifs is 1. The maximum atomic E-state index is 12.9. The molecule has 0 unspecified atom stereocenters. The molecule has 4 aromatic rings. The number of carbonyl (C=O) groups is 1.